The zero-order chi connectivity index (χ0) is 18.9. The maximum Gasteiger partial charge on any atom is 0.418 e. The number of nitriles is 1. The molecular weight excluding hydrogens is 345 g/mol. The average Bonchev–Trinajstić information content (AvgIpc) is 2.60. The lowest BCUT2D eigenvalue weighted by molar-refractivity contribution is -0.137. The molecule has 0 unspecified atom stereocenters. The number of anilines is 2. The molecule has 0 aliphatic carbocycles. The number of benzene rings is 1. The molecule has 3 rings (SSSR count). The first-order valence-corrected chi connectivity index (χ1v) is 7.27. The standard InChI is InChI=1S/C17H11F3N6/c18-17(19,20)12-2-1-7-24-14(12)10-5-3-9(4-6-10)13-11(8-21)15(22)26-16(23)25-13/h1-7H,(H4,22,23,25,26). The molecule has 26 heavy (non-hydrogen) atoms. The maximum atomic E-state index is 13.1. The molecule has 4 N–H and O–H groups in total. The second kappa shape index (κ2) is 6.33. The van der Waals surface area contributed by atoms with E-state index >= 15 is 0 Å². The van der Waals surface area contributed by atoms with Gasteiger partial charge in [0, 0.05) is 17.3 Å². The van der Waals surface area contributed by atoms with E-state index in [0.29, 0.717) is 5.56 Å². The van der Waals surface area contributed by atoms with Gasteiger partial charge in [-0.1, -0.05) is 24.3 Å². The van der Waals surface area contributed by atoms with E-state index in [1.165, 1.54) is 36.5 Å². The second-order valence-electron chi connectivity index (χ2n) is 5.28. The van der Waals surface area contributed by atoms with Gasteiger partial charge in [-0.05, 0) is 12.1 Å². The number of pyridine rings is 1. The van der Waals surface area contributed by atoms with E-state index in [1.54, 1.807) is 0 Å². The van der Waals surface area contributed by atoms with Crippen molar-refractivity contribution in [1.29, 1.82) is 5.26 Å². The predicted octanol–water partition coefficient (Wildman–Crippen LogP) is 3.26. The summed E-state index contributed by atoms with van der Waals surface area (Å²) in [5.74, 6) is -0.173. The Morgan fingerprint density at radius 2 is 1.54 bits per heavy atom. The monoisotopic (exact) mass is 356 g/mol. The van der Waals surface area contributed by atoms with Crippen molar-refractivity contribution >= 4 is 11.8 Å². The number of nitrogens with two attached hydrogens (primary N) is 2. The Labute approximate surface area is 146 Å². The second-order valence-corrected chi connectivity index (χ2v) is 5.28. The van der Waals surface area contributed by atoms with E-state index in [1.807, 2.05) is 6.07 Å². The summed E-state index contributed by atoms with van der Waals surface area (Å²) in [4.78, 5) is 11.6. The Bertz CT molecular complexity index is 1010. The van der Waals surface area contributed by atoms with E-state index in [2.05, 4.69) is 15.0 Å². The van der Waals surface area contributed by atoms with Gasteiger partial charge in [-0.3, -0.25) is 4.98 Å². The molecule has 2 heterocycles. The number of hydrogen-bond acceptors (Lipinski definition) is 6. The number of alkyl halides is 3. The van der Waals surface area contributed by atoms with Crippen LogP contribution in [0.5, 0.6) is 0 Å². The van der Waals surface area contributed by atoms with Crippen LogP contribution in [0.15, 0.2) is 42.6 Å². The quantitative estimate of drug-likeness (QED) is 0.728. The molecule has 0 saturated carbocycles. The molecular formula is C17H11F3N6. The molecule has 0 aliphatic heterocycles. The lowest BCUT2D eigenvalue weighted by atomic mass is 10.0. The van der Waals surface area contributed by atoms with Gasteiger partial charge in [0.1, 0.15) is 17.5 Å². The Balaban J connectivity index is 2.09. The van der Waals surface area contributed by atoms with Crippen LogP contribution < -0.4 is 11.5 Å². The fraction of sp³-hybridized carbons (Fsp3) is 0.0588. The van der Waals surface area contributed by atoms with Gasteiger partial charge < -0.3 is 11.5 Å². The van der Waals surface area contributed by atoms with Crippen molar-refractivity contribution in [3.63, 3.8) is 0 Å². The molecule has 0 bridgehead atoms. The zero-order valence-corrected chi connectivity index (χ0v) is 13.1. The van der Waals surface area contributed by atoms with Crippen LogP contribution in [0, 0.1) is 11.3 Å². The minimum Gasteiger partial charge on any atom is -0.382 e. The summed E-state index contributed by atoms with van der Waals surface area (Å²) in [6, 6.07) is 10.1. The van der Waals surface area contributed by atoms with E-state index in [4.69, 9.17) is 11.5 Å². The molecule has 0 spiro atoms. The van der Waals surface area contributed by atoms with Crippen molar-refractivity contribution in [3.05, 3.63) is 53.7 Å². The molecule has 0 saturated heterocycles. The smallest absolute Gasteiger partial charge is 0.382 e. The van der Waals surface area contributed by atoms with E-state index < -0.39 is 11.7 Å². The Kier molecular flexibility index (Phi) is 4.18. The summed E-state index contributed by atoms with van der Waals surface area (Å²) in [5, 5.41) is 9.22. The van der Waals surface area contributed by atoms with Gasteiger partial charge in [0.15, 0.2) is 0 Å². The van der Waals surface area contributed by atoms with Crippen molar-refractivity contribution in [3.8, 4) is 28.6 Å². The number of hydrogen-bond donors (Lipinski definition) is 2. The molecule has 1 aromatic carbocycles. The van der Waals surface area contributed by atoms with Crippen LogP contribution in [-0.2, 0) is 6.18 Å². The number of rotatable bonds is 2. The normalized spacial score (nSPS) is 11.2. The minimum absolute atomic E-state index is 0.0424. The lowest BCUT2D eigenvalue weighted by Crippen LogP contribution is -2.08. The zero-order valence-electron chi connectivity index (χ0n) is 13.1. The fourth-order valence-electron chi connectivity index (χ4n) is 2.47. The summed E-state index contributed by atoms with van der Waals surface area (Å²) in [5.41, 5.74) is 11.2. The Morgan fingerprint density at radius 1 is 0.923 bits per heavy atom. The maximum absolute atomic E-state index is 13.1. The van der Waals surface area contributed by atoms with Crippen molar-refractivity contribution in [2.24, 2.45) is 0 Å². The lowest BCUT2D eigenvalue weighted by Gasteiger charge is -2.12. The van der Waals surface area contributed by atoms with Gasteiger partial charge in [0.05, 0.1) is 17.0 Å². The van der Waals surface area contributed by atoms with Crippen LogP contribution in [0.3, 0.4) is 0 Å². The summed E-state index contributed by atoms with van der Waals surface area (Å²) in [6.45, 7) is 0. The molecule has 0 amide bonds. The van der Waals surface area contributed by atoms with Gasteiger partial charge >= 0.3 is 6.18 Å². The molecule has 0 radical (unpaired) electrons. The van der Waals surface area contributed by atoms with Gasteiger partial charge in [-0.15, -0.1) is 0 Å². The van der Waals surface area contributed by atoms with Gasteiger partial charge in [0.2, 0.25) is 5.95 Å². The van der Waals surface area contributed by atoms with E-state index in [9.17, 15) is 18.4 Å². The van der Waals surface area contributed by atoms with Crippen LogP contribution in [0.25, 0.3) is 22.5 Å². The first-order valence-electron chi connectivity index (χ1n) is 7.27. The summed E-state index contributed by atoms with van der Waals surface area (Å²) < 4.78 is 39.4. The van der Waals surface area contributed by atoms with Crippen molar-refractivity contribution in [1.82, 2.24) is 15.0 Å². The summed E-state index contributed by atoms with van der Waals surface area (Å²) in [6.07, 6.45) is -3.23. The third-order valence-electron chi connectivity index (χ3n) is 3.61. The van der Waals surface area contributed by atoms with Crippen molar-refractivity contribution < 1.29 is 13.2 Å². The molecule has 2 aromatic heterocycles. The third kappa shape index (κ3) is 3.12. The highest BCUT2D eigenvalue weighted by atomic mass is 19.4. The average molecular weight is 356 g/mol. The number of halogens is 3. The highest BCUT2D eigenvalue weighted by molar-refractivity contribution is 5.75. The molecule has 3 aromatic rings. The minimum atomic E-state index is -4.52. The van der Waals surface area contributed by atoms with Gasteiger partial charge in [-0.2, -0.15) is 23.4 Å². The van der Waals surface area contributed by atoms with Gasteiger partial charge in [0.25, 0.3) is 0 Å². The molecule has 130 valence electrons. The third-order valence-corrected chi connectivity index (χ3v) is 3.61. The first-order chi connectivity index (χ1) is 12.3. The first kappa shape index (κ1) is 17.2. The SMILES string of the molecule is N#Cc1c(N)nc(N)nc1-c1ccc(-c2ncccc2C(F)(F)F)cc1. The largest absolute Gasteiger partial charge is 0.418 e. The van der Waals surface area contributed by atoms with Crippen molar-refractivity contribution in [2.75, 3.05) is 11.5 Å². The molecule has 6 nitrogen and oxygen atoms in total. The molecule has 9 heteroatoms. The number of nitrogens with zero attached hydrogens (tertiary/aromatic N) is 4. The predicted molar refractivity (Wildman–Crippen MR) is 89.2 cm³/mol. The van der Waals surface area contributed by atoms with Crippen LogP contribution >= 0.6 is 0 Å². The molecule has 0 fully saturated rings. The van der Waals surface area contributed by atoms with Crippen LogP contribution in [-0.4, -0.2) is 15.0 Å². The summed E-state index contributed by atoms with van der Waals surface area (Å²) in [7, 11) is 0. The van der Waals surface area contributed by atoms with Crippen LogP contribution in [0.4, 0.5) is 24.9 Å². The van der Waals surface area contributed by atoms with E-state index in [-0.39, 0.29) is 34.3 Å². The highest BCUT2D eigenvalue weighted by Gasteiger charge is 2.34. The van der Waals surface area contributed by atoms with Crippen LogP contribution in [0.2, 0.25) is 0 Å². The molecule has 0 atom stereocenters. The fourth-order valence-corrected chi connectivity index (χ4v) is 2.47. The molecule has 0 aliphatic rings. The van der Waals surface area contributed by atoms with E-state index in [0.717, 1.165) is 6.07 Å². The summed E-state index contributed by atoms with van der Waals surface area (Å²) >= 11 is 0. The number of nitrogen functional groups attached to an aromatic ring is 2. The van der Waals surface area contributed by atoms with Crippen molar-refractivity contribution in [2.45, 2.75) is 6.18 Å². The topological polar surface area (TPSA) is 114 Å². The van der Waals surface area contributed by atoms with Gasteiger partial charge in [-0.25, -0.2) is 4.98 Å². The van der Waals surface area contributed by atoms with Crippen LogP contribution in [0.1, 0.15) is 11.1 Å². The number of aromatic nitrogens is 3. The Morgan fingerprint density at radius 3 is 2.12 bits per heavy atom. The highest BCUT2D eigenvalue weighted by Crippen LogP contribution is 2.36. The Hall–Kier alpha value is -3.67.